The summed E-state index contributed by atoms with van der Waals surface area (Å²) in [6, 6.07) is 8.37. The fourth-order valence-electron chi connectivity index (χ4n) is 4.26. The molecule has 0 radical (unpaired) electrons. The Morgan fingerprint density at radius 1 is 1.25 bits per heavy atom. The number of Topliss-reactive ketones (excluding diaryl/α,β-unsaturated/α-hetero) is 1. The van der Waals surface area contributed by atoms with Gasteiger partial charge in [0.1, 0.15) is 5.75 Å². The molecular weight excluding hydrogens is 436 g/mol. The quantitative estimate of drug-likeness (QED) is 0.517. The van der Waals surface area contributed by atoms with Crippen LogP contribution in [0.15, 0.2) is 30.3 Å². The van der Waals surface area contributed by atoms with Gasteiger partial charge in [0.2, 0.25) is 5.78 Å². The monoisotopic (exact) mass is 460 g/mol. The van der Waals surface area contributed by atoms with Crippen molar-refractivity contribution in [2.45, 2.75) is 38.8 Å². The van der Waals surface area contributed by atoms with Crippen LogP contribution < -0.4 is 10.1 Å². The summed E-state index contributed by atoms with van der Waals surface area (Å²) in [5, 5.41) is 2.67. The summed E-state index contributed by atoms with van der Waals surface area (Å²) in [5.74, 6) is -0.925. The van der Waals surface area contributed by atoms with E-state index in [9.17, 15) is 22.8 Å². The molecule has 2 atom stereocenters. The van der Waals surface area contributed by atoms with Crippen LogP contribution in [-0.2, 0) is 24.2 Å². The summed E-state index contributed by atoms with van der Waals surface area (Å²) in [4.78, 5) is 37.1. The Labute approximate surface area is 185 Å². The lowest BCUT2D eigenvalue weighted by Crippen LogP contribution is -2.39. The largest absolute Gasteiger partial charge is 0.478 e. The third kappa shape index (κ3) is 4.40. The second kappa shape index (κ2) is 8.42. The first-order valence-corrected chi connectivity index (χ1v) is 12.1. The molecule has 1 fully saturated rings. The van der Waals surface area contributed by atoms with Gasteiger partial charge in [-0.05, 0) is 38.5 Å². The number of aryl methyl sites for hydroxylation is 1. The molecule has 4 rings (SSSR count). The standard InChI is InChI=1S/C22H24N2O7S/c1-13-9-16(14(2)24(13)15-7-8-32(28,29)12-15)18(25)11-30-21(26)10-20-22(27)23-17-5-3-4-6-19(17)31-20/h3-6,9,15,20H,7-8,10-12H2,1-2H3,(H,23,27). The van der Waals surface area contributed by atoms with Gasteiger partial charge in [-0.2, -0.15) is 0 Å². The molecule has 1 saturated heterocycles. The molecule has 0 saturated carbocycles. The van der Waals surface area contributed by atoms with E-state index in [0.29, 0.717) is 29.1 Å². The lowest BCUT2D eigenvalue weighted by molar-refractivity contribution is -0.146. The summed E-state index contributed by atoms with van der Waals surface area (Å²) < 4.78 is 36.2. The molecule has 1 amide bonds. The zero-order chi connectivity index (χ0) is 23.0. The van der Waals surface area contributed by atoms with Gasteiger partial charge in [0.15, 0.2) is 22.5 Å². The first-order chi connectivity index (χ1) is 15.1. The second-order valence-electron chi connectivity index (χ2n) is 8.09. The number of sulfone groups is 1. The number of carbonyl (C=O) groups is 3. The molecule has 1 N–H and O–H groups in total. The second-order valence-corrected chi connectivity index (χ2v) is 10.3. The number of amides is 1. The molecule has 1 aromatic carbocycles. The van der Waals surface area contributed by atoms with Crippen molar-refractivity contribution in [3.63, 3.8) is 0 Å². The van der Waals surface area contributed by atoms with Gasteiger partial charge in [0, 0.05) is 23.0 Å². The minimum Gasteiger partial charge on any atom is -0.478 e. The molecule has 2 unspecified atom stereocenters. The van der Waals surface area contributed by atoms with Gasteiger partial charge in [0.25, 0.3) is 5.91 Å². The first-order valence-electron chi connectivity index (χ1n) is 10.3. The van der Waals surface area contributed by atoms with Crippen LogP contribution in [0, 0.1) is 13.8 Å². The van der Waals surface area contributed by atoms with Gasteiger partial charge in [-0.25, -0.2) is 8.42 Å². The van der Waals surface area contributed by atoms with Crippen molar-refractivity contribution < 1.29 is 32.3 Å². The van der Waals surface area contributed by atoms with Crippen LogP contribution in [0.1, 0.15) is 40.6 Å². The third-order valence-electron chi connectivity index (χ3n) is 5.78. The lowest BCUT2D eigenvalue weighted by atomic mass is 10.1. The molecule has 32 heavy (non-hydrogen) atoms. The zero-order valence-electron chi connectivity index (χ0n) is 17.8. The van der Waals surface area contributed by atoms with Crippen LogP contribution in [0.25, 0.3) is 0 Å². The number of benzene rings is 1. The summed E-state index contributed by atoms with van der Waals surface area (Å²) in [6.45, 7) is 3.10. The van der Waals surface area contributed by atoms with Crippen molar-refractivity contribution in [1.82, 2.24) is 4.57 Å². The Hall–Kier alpha value is -3.14. The number of hydrogen-bond acceptors (Lipinski definition) is 7. The molecule has 0 spiro atoms. The predicted octanol–water partition coefficient (Wildman–Crippen LogP) is 1.98. The van der Waals surface area contributed by atoms with Gasteiger partial charge in [0.05, 0.1) is 23.6 Å². The van der Waals surface area contributed by atoms with Crippen LogP contribution in [0.2, 0.25) is 0 Å². The maximum atomic E-state index is 12.7. The summed E-state index contributed by atoms with van der Waals surface area (Å²) in [7, 11) is -3.07. The van der Waals surface area contributed by atoms with Crippen molar-refractivity contribution in [3.05, 3.63) is 47.3 Å². The molecule has 3 heterocycles. The number of hydrogen-bond donors (Lipinski definition) is 1. The Balaban J connectivity index is 1.37. The molecule has 2 aliphatic rings. The molecule has 10 heteroatoms. The van der Waals surface area contributed by atoms with Gasteiger partial charge in [-0.3, -0.25) is 14.4 Å². The maximum Gasteiger partial charge on any atom is 0.310 e. The van der Waals surface area contributed by atoms with E-state index in [1.54, 1.807) is 37.3 Å². The van der Waals surface area contributed by atoms with Gasteiger partial charge < -0.3 is 19.4 Å². The van der Waals surface area contributed by atoms with Crippen molar-refractivity contribution >= 4 is 33.2 Å². The van der Waals surface area contributed by atoms with E-state index in [2.05, 4.69) is 5.32 Å². The minimum absolute atomic E-state index is 0.0541. The molecular formula is C22H24N2O7S. The van der Waals surface area contributed by atoms with Gasteiger partial charge >= 0.3 is 5.97 Å². The highest BCUT2D eigenvalue weighted by atomic mass is 32.2. The number of aromatic nitrogens is 1. The average molecular weight is 461 g/mol. The molecule has 170 valence electrons. The topological polar surface area (TPSA) is 121 Å². The number of fused-ring (bicyclic) bond motifs is 1. The van der Waals surface area contributed by atoms with Crippen LogP contribution in [-0.4, -0.2) is 54.9 Å². The Kier molecular flexibility index (Phi) is 5.81. The van der Waals surface area contributed by atoms with Crippen LogP contribution >= 0.6 is 0 Å². The molecule has 0 bridgehead atoms. The van der Waals surface area contributed by atoms with E-state index < -0.39 is 40.2 Å². The van der Waals surface area contributed by atoms with E-state index in [1.807, 2.05) is 11.5 Å². The van der Waals surface area contributed by atoms with Crippen LogP contribution in [0.3, 0.4) is 0 Å². The Bertz CT molecular complexity index is 1200. The van der Waals surface area contributed by atoms with E-state index in [0.717, 1.165) is 5.69 Å². The van der Waals surface area contributed by atoms with Crippen LogP contribution in [0.4, 0.5) is 5.69 Å². The number of rotatable bonds is 6. The Morgan fingerprint density at radius 2 is 2.00 bits per heavy atom. The normalized spacial score (nSPS) is 21.4. The predicted molar refractivity (Wildman–Crippen MR) is 116 cm³/mol. The number of anilines is 1. The number of esters is 1. The van der Waals surface area contributed by atoms with Crippen molar-refractivity contribution in [3.8, 4) is 5.75 Å². The number of ether oxygens (including phenoxy) is 2. The number of nitrogens with zero attached hydrogens (tertiary/aromatic N) is 1. The van der Waals surface area contributed by atoms with Crippen molar-refractivity contribution in [2.75, 3.05) is 23.4 Å². The minimum atomic E-state index is -3.07. The molecule has 2 aliphatic heterocycles. The summed E-state index contributed by atoms with van der Waals surface area (Å²) >= 11 is 0. The van der Waals surface area contributed by atoms with Crippen molar-refractivity contribution in [2.24, 2.45) is 0 Å². The van der Waals surface area contributed by atoms with Gasteiger partial charge in [-0.1, -0.05) is 12.1 Å². The highest BCUT2D eigenvalue weighted by molar-refractivity contribution is 7.91. The molecule has 1 aromatic heterocycles. The highest BCUT2D eigenvalue weighted by Gasteiger charge is 2.33. The average Bonchev–Trinajstić information content (AvgIpc) is 3.24. The van der Waals surface area contributed by atoms with E-state index >= 15 is 0 Å². The smallest absolute Gasteiger partial charge is 0.310 e. The van der Waals surface area contributed by atoms with E-state index in [4.69, 9.17) is 9.47 Å². The summed E-state index contributed by atoms with van der Waals surface area (Å²) in [6.07, 6.45) is -0.859. The highest BCUT2D eigenvalue weighted by Crippen LogP contribution is 2.30. The van der Waals surface area contributed by atoms with Gasteiger partial charge in [-0.15, -0.1) is 0 Å². The fourth-order valence-corrected chi connectivity index (χ4v) is 5.96. The third-order valence-corrected chi connectivity index (χ3v) is 7.53. The van der Waals surface area contributed by atoms with E-state index in [1.165, 1.54) is 0 Å². The number of carbonyl (C=O) groups excluding carboxylic acids is 3. The molecule has 0 aliphatic carbocycles. The summed E-state index contributed by atoms with van der Waals surface area (Å²) in [5.41, 5.74) is 2.35. The number of ketones is 1. The SMILES string of the molecule is Cc1cc(C(=O)COC(=O)CC2Oc3ccccc3NC2=O)c(C)n1C1CCS(=O)(=O)C1. The number of nitrogens with one attached hydrogen (secondary N) is 1. The van der Waals surface area contributed by atoms with E-state index in [-0.39, 0.29) is 24.0 Å². The van der Waals surface area contributed by atoms with Crippen molar-refractivity contribution in [1.29, 1.82) is 0 Å². The Morgan fingerprint density at radius 3 is 2.72 bits per heavy atom. The zero-order valence-corrected chi connectivity index (χ0v) is 18.6. The molecule has 9 nitrogen and oxygen atoms in total. The number of para-hydroxylation sites is 2. The first kappa shape index (κ1) is 22.1. The molecule has 2 aromatic rings. The van der Waals surface area contributed by atoms with Crippen LogP contribution in [0.5, 0.6) is 5.75 Å². The lowest BCUT2D eigenvalue weighted by Gasteiger charge is -2.25. The maximum absolute atomic E-state index is 12.7. The fraction of sp³-hybridized carbons (Fsp3) is 0.409.